The molecule has 0 radical (unpaired) electrons. The van der Waals surface area contributed by atoms with Crippen molar-refractivity contribution >= 4 is 5.97 Å². The molecule has 0 amide bonds. The highest BCUT2D eigenvalue weighted by Crippen LogP contribution is 2.42. The van der Waals surface area contributed by atoms with Crippen molar-refractivity contribution in [3.05, 3.63) is 0 Å². The largest absolute Gasteiger partial charge is 0.481 e. The fourth-order valence-electron chi connectivity index (χ4n) is 1.80. The summed E-state index contributed by atoms with van der Waals surface area (Å²) < 4.78 is 0. The van der Waals surface area contributed by atoms with Gasteiger partial charge in [-0.25, -0.2) is 0 Å². The lowest BCUT2D eigenvalue weighted by molar-refractivity contribution is -0.139. The Morgan fingerprint density at radius 1 is 1.64 bits per heavy atom. The van der Waals surface area contributed by atoms with Crippen molar-refractivity contribution in [2.75, 3.05) is 7.05 Å². The van der Waals surface area contributed by atoms with Crippen LogP contribution in [0, 0.1) is 11.8 Å². The third-order valence-corrected chi connectivity index (χ3v) is 2.41. The van der Waals surface area contributed by atoms with E-state index >= 15 is 0 Å². The monoisotopic (exact) mass is 157 g/mol. The topological polar surface area (TPSA) is 49.3 Å². The molecule has 3 atom stereocenters. The molecule has 11 heavy (non-hydrogen) atoms. The van der Waals surface area contributed by atoms with Crippen LogP contribution in [0.5, 0.6) is 0 Å². The Labute approximate surface area is 66.8 Å². The van der Waals surface area contributed by atoms with Gasteiger partial charge in [-0.1, -0.05) is 13.3 Å². The minimum atomic E-state index is -0.650. The Hall–Kier alpha value is -0.570. The number of hydrogen-bond acceptors (Lipinski definition) is 2. The molecule has 0 saturated heterocycles. The van der Waals surface area contributed by atoms with Crippen LogP contribution in [-0.2, 0) is 4.79 Å². The van der Waals surface area contributed by atoms with Crippen LogP contribution >= 0.6 is 0 Å². The molecular weight excluding hydrogens is 142 g/mol. The maximum Gasteiger partial charge on any atom is 0.308 e. The van der Waals surface area contributed by atoms with E-state index in [0.29, 0.717) is 5.92 Å². The van der Waals surface area contributed by atoms with Crippen LogP contribution in [0.2, 0.25) is 0 Å². The SMILES string of the molecule is CCCC1C(NC)C1C(=O)O. The average Bonchev–Trinajstić information content (AvgIpc) is 2.63. The lowest BCUT2D eigenvalue weighted by atomic mass is 10.2. The second-order valence-corrected chi connectivity index (χ2v) is 3.13. The van der Waals surface area contributed by atoms with Gasteiger partial charge in [-0.2, -0.15) is 0 Å². The van der Waals surface area contributed by atoms with Crippen molar-refractivity contribution in [2.45, 2.75) is 25.8 Å². The van der Waals surface area contributed by atoms with E-state index in [2.05, 4.69) is 12.2 Å². The molecule has 3 nitrogen and oxygen atoms in total. The number of rotatable bonds is 4. The third kappa shape index (κ3) is 1.53. The summed E-state index contributed by atoms with van der Waals surface area (Å²) in [7, 11) is 1.83. The van der Waals surface area contributed by atoms with Crippen molar-refractivity contribution in [3.63, 3.8) is 0 Å². The fraction of sp³-hybridized carbons (Fsp3) is 0.875. The van der Waals surface area contributed by atoms with Gasteiger partial charge in [-0.3, -0.25) is 4.79 Å². The maximum absolute atomic E-state index is 10.6. The number of aliphatic carboxylic acids is 1. The number of carboxylic acid groups (broad SMARTS) is 1. The Balaban J connectivity index is 2.39. The highest BCUT2D eigenvalue weighted by Gasteiger charge is 2.53. The minimum Gasteiger partial charge on any atom is -0.481 e. The van der Waals surface area contributed by atoms with Crippen molar-refractivity contribution in [3.8, 4) is 0 Å². The molecule has 0 aliphatic heterocycles. The first-order valence-corrected chi connectivity index (χ1v) is 4.12. The lowest BCUT2D eigenvalue weighted by Gasteiger charge is -1.91. The average molecular weight is 157 g/mol. The van der Waals surface area contributed by atoms with Gasteiger partial charge >= 0.3 is 5.97 Å². The Bertz CT molecular complexity index is 158. The maximum atomic E-state index is 10.6. The summed E-state index contributed by atoms with van der Waals surface area (Å²) in [5.74, 6) is -0.398. The van der Waals surface area contributed by atoms with Crippen molar-refractivity contribution in [1.29, 1.82) is 0 Å². The molecule has 1 saturated carbocycles. The summed E-state index contributed by atoms with van der Waals surface area (Å²) in [6.45, 7) is 2.09. The highest BCUT2D eigenvalue weighted by atomic mass is 16.4. The number of carbonyl (C=O) groups is 1. The second kappa shape index (κ2) is 3.22. The van der Waals surface area contributed by atoms with E-state index in [0.717, 1.165) is 12.8 Å². The van der Waals surface area contributed by atoms with Crippen LogP contribution < -0.4 is 5.32 Å². The molecule has 3 heteroatoms. The van der Waals surface area contributed by atoms with Gasteiger partial charge < -0.3 is 10.4 Å². The van der Waals surface area contributed by atoms with Gasteiger partial charge in [0.2, 0.25) is 0 Å². The van der Waals surface area contributed by atoms with Gasteiger partial charge in [0, 0.05) is 6.04 Å². The predicted octanol–water partition coefficient (Wildman–Crippen LogP) is 0.705. The molecule has 0 aromatic heterocycles. The van der Waals surface area contributed by atoms with Gasteiger partial charge in [0.1, 0.15) is 0 Å². The van der Waals surface area contributed by atoms with Crippen LogP contribution in [0.25, 0.3) is 0 Å². The van der Waals surface area contributed by atoms with E-state index in [1.54, 1.807) is 0 Å². The Morgan fingerprint density at radius 3 is 2.55 bits per heavy atom. The lowest BCUT2D eigenvalue weighted by Crippen LogP contribution is -2.15. The molecule has 0 bridgehead atoms. The Morgan fingerprint density at radius 2 is 2.27 bits per heavy atom. The summed E-state index contributed by atoms with van der Waals surface area (Å²) in [5, 5.41) is 11.7. The van der Waals surface area contributed by atoms with Crippen molar-refractivity contribution < 1.29 is 9.90 Å². The molecule has 0 spiro atoms. The highest BCUT2D eigenvalue weighted by molar-refractivity contribution is 5.75. The minimum absolute atomic E-state index is 0.125. The zero-order chi connectivity index (χ0) is 8.43. The molecule has 2 N–H and O–H groups in total. The summed E-state index contributed by atoms with van der Waals surface area (Å²) in [6, 6.07) is 0.229. The molecule has 0 heterocycles. The summed E-state index contributed by atoms with van der Waals surface area (Å²) in [6.07, 6.45) is 2.11. The summed E-state index contributed by atoms with van der Waals surface area (Å²) in [4.78, 5) is 10.6. The first kappa shape index (κ1) is 8.53. The molecular formula is C8H15NO2. The van der Waals surface area contributed by atoms with Crippen LogP contribution in [0.1, 0.15) is 19.8 Å². The number of carboxylic acids is 1. The quantitative estimate of drug-likeness (QED) is 0.631. The van der Waals surface area contributed by atoms with E-state index in [4.69, 9.17) is 5.11 Å². The van der Waals surface area contributed by atoms with Gasteiger partial charge in [0.05, 0.1) is 5.92 Å². The third-order valence-electron chi connectivity index (χ3n) is 2.41. The standard InChI is InChI=1S/C8H15NO2/c1-3-4-5-6(8(10)11)7(5)9-2/h5-7,9H,3-4H2,1-2H3,(H,10,11). The molecule has 1 rings (SSSR count). The first-order chi connectivity index (χ1) is 5.22. The van der Waals surface area contributed by atoms with Crippen molar-refractivity contribution in [1.82, 2.24) is 5.32 Å². The van der Waals surface area contributed by atoms with E-state index in [1.807, 2.05) is 7.05 Å². The molecule has 1 fully saturated rings. The van der Waals surface area contributed by atoms with E-state index in [1.165, 1.54) is 0 Å². The van der Waals surface area contributed by atoms with Crippen molar-refractivity contribution in [2.24, 2.45) is 11.8 Å². The fourth-order valence-corrected chi connectivity index (χ4v) is 1.80. The molecule has 64 valence electrons. The second-order valence-electron chi connectivity index (χ2n) is 3.13. The smallest absolute Gasteiger partial charge is 0.308 e. The van der Waals surface area contributed by atoms with Gasteiger partial charge in [-0.15, -0.1) is 0 Å². The van der Waals surface area contributed by atoms with E-state index < -0.39 is 5.97 Å². The van der Waals surface area contributed by atoms with E-state index in [9.17, 15) is 4.79 Å². The zero-order valence-electron chi connectivity index (χ0n) is 7.00. The predicted molar refractivity (Wildman–Crippen MR) is 42.4 cm³/mol. The van der Waals surface area contributed by atoms with Crippen LogP contribution in [0.3, 0.4) is 0 Å². The number of nitrogens with one attached hydrogen (secondary N) is 1. The molecule has 1 aliphatic carbocycles. The first-order valence-electron chi connectivity index (χ1n) is 4.12. The number of hydrogen-bond donors (Lipinski definition) is 2. The van der Waals surface area contributed by atoms with E-state index in [-0.39, 0.29) is 12.0 Å². The molecule has 1 aliphatic rings. The Kier molecular flexibility index (Phi) is 2.49. The molecule has 3 unspecified atom stereocenters. The summed E-state index contributed by atoms with van der Waals surface area (Å²) in [5.41, 5.74) is 0. The van der Waals surface area contributed by atoms with Gasteiger partial charge in [0.15, 0.2) is 0 Å². The molecule has 0 aromatic rings. The van der Waals surface area contributed by atoms with Gasteiger partial charge in [-0.05, 0) is 19.4 Å². The van der Waals surface area contributed by atoms with Crippen LogP contribution in [-0.4, -0.2) is 24.2 Å². The molecule has 0 aromatic carbocycles. The van der Waals surface area contributed by atoms with Gasteiger partial charge in [0.25, 0.3) is 0 Å². The van der Waals surface area contributed by atoms with Crippen LogP contribution in [0.15, 0.2) is 0 Å². The van der Waals surface area contributed by atoms with Crippen LogP contribution in [0.4, 0.5) is 0 Å². The normalized spacial score (nSPS) is 35.3. The zero-order valence-corrected chi connectivity index (χ0v) is 7.00. The summed E-state index contributed by atoms with van der Waals surface area (Å²) >= 11 is 0.